The lowest BCUT2D eigenvalue weighted by Crippen LogP contribution is -2.32. The minimum absolute atomic E-state index is 0.0962. The molecule has 0 atom stereocenters. The molecule has 0 aliphatic heterocycles. The zero-order valence-electron chi connectivity index (χ0n) is 16.9. The van der Waals surface area contributed by atoms with Crippen LogP contribution < -0.4 is 10.6 Å². The molecule has 2 aromatic heterocycles. The summed E-state index contributed by atoms with van der Waals surface area (Å²) >= 11 is 1.73. The molecule has 1 aliphatic rings. The van der Waals surface area contributed by atoms with E-state index in [1.165, 1.54) is 9.75 Å². The van der Waals surface area contributed by atoms with Crippen LogP contribution in [0.2, 0.25) is 0 Å². The number of carbonyl (C=O) groups excluding carboxylic acids is 2. The van der Waals surface area contributed by atoms with Crippen LogP contribution in [0.3, 0.4) is 0 Å². The molecule has 30 heavy (non-hydrogen) atoms. The van der Waals surface area contributed by atoms with E-state index in [0.29, 0.717) is 30.4 Å². The lowest BCUT2D eigenvalue weighted by atomic mass is 10.2. The van der Waals surface area contributed by atoms with Gasteiger partial charge in [-0.1, -0.05) is 6.07 Å². The molecule has 3 aromatic rings. The molecule has 1 saturated carbocycles. The molecule has 2 heterocycles. The largest absolute Gasteiger partial charge is 0.468 e. The number of nitrogens with one attached hydrogen (secondary N) is 2. The van der Waals surface area contributed by atoms with Crippen LogP contribution >= 0.6 is 11.3 Å². The summed E-state index contributed by atoms with van der Waals surface area (Å²) in [6.07, 6.45) is 3.72. The number of amides is 2. The Bertz CT molecular complexity index is 1010. The molecule has 0 spiro atoms. The van der Waals surface area contributed by atoms with E-state index in [1.807, 2.05) is 17.0 Å². The summed E-state index contributed by atoms with van der Waals surface area (Å²) in [7, 11) is 0. The van der Waals surface area contributed by atoms with Gasteiger partial charge in [0.05, 0.1) is 19.4 Å². The number of rotatable bonds is 9. The molecule has 2 N–H and O–H groups in total. The Balaban J connectivity index is 1.39. The quantitative estimate of drug-likeness (QED) is 0.541. The number of aryl methyl sites for hydroxylation is 1. The SMILES string of the molecule is Cc1ccc(CN(CC(=O)Nc2cccc(C(=O)NC3CC3)c2)Cc2ccco2)s1. The van der Waals surface area contributed by atoms with Gasteiger partial charge < -0.3 is 15.1 Å². The molecule has 7 heteroatoms. The third-order valence-electron chi connectivity index (χ3n) is 4.82. The second-order valence-electron chi connectivity index (χ2n) is 7.61. The predicted molar refractivity (Wildman–Crippen MR) is 117 cm³/mol. The van der Waals surface area contributed by atoms with Gasteiger partial charge in [-0.05, 0) is 62.2 Å². The van der Waals surface area contributed by atoms with Crippen molar-refractivity contribution in [3.63, 3.8) is 0 Å². The highest BCUT2D eigenvalue weighted by Gasteiger charge is 2.24. The fourth-order valence-electron chi connectivity index (χ4n) is 3.22. The maximum absolute atomic E-state index is 12.7. The minimum Gasteiger partial charge on any atom is -0.468 e. The Kier molecular flexibility index (Phi) is 6.30. The van der Waals surface area contributed by atoms with Crippen molar-refractivity contribution in [3.05, 3.63) is 75.9 Å². The molecule has 4 rings (SSSR count). The van der Waals surface area contributed by atoms with Gasteiger partial charge in [0.25, 0.3) is 5.91 Å². The van der Waals surface area contributed by atoms with Crippen molar-refractivity contribution in [1.82, 2.24) is 10.2 Å². The molecule has 2 amide bonds. The second kappa shape index (κ2) is 9.28. The number of carbonyl (C=O) groups is 2. The second-order valence-corrected chi connectivity index (χ2v) is 8.99. The fourth-order valence-corrected chi connectivity index (χ4v) is 4.15. The molecule has 1 aliphatic carbocycles. The van der Waals surface area contributed by atoms with Crippen molar-refractivity contribution in [1.29, 1.82) is 0 Å². The fraction of sp³-hybridized carbons (Fsp3) is 0.304. The van der Waals surface area contributed by atoms with E-state index < -0.39 is 0 Å². The number of thiophene rings is 1. The number of benzene rings is 1. The van der Waals surface area contributed by atoms with Crippen LogP contribution in [0.5, 0.6) is 0 Å². The molecular formula is C23H25N3O3S. The van der Waals surface area contributed by atoms with Crippen LogP contribution in [0.25, 0.3) is 0 Å². The number of anilines is 1. The predicted octanol–water partition coefficient (Wildman–Crippen LogP) is 4.18. The van der Waals surface area contributed by atoms with Gasteiger partial charge in [-0.25, -0.2) is 0 Å². The van der Waals surface area contributed by atoms with E-state index in [0.717, 1.165) is 18.6 Å². The van der Waals surface area contributed by atoms with Crippen LogP contribution in [-0.2, 0) is 17.9 Å². The van der Waals surface area contributed by atoms with Gasteiger partial charge in [-0.2, -0.15) is 0 Å². The Morgan fingerprint density at radius 3 is 2.70 bits per heavy atom. The van der Waals surface area contributed by atoms with Crippen molar-refractivity contribution < 1.29 is 14.0 Å². The molecule has 6 nitrogen and oxygen atoms in total. The van der Waals surface area contributed by atoms with Gasteiger partial charge in [-0.15, -0.1) is 11.3 Å². The average Bonchev–Trinajstić information content (AvgIpc) is 3.19. The first-order valence-corrected chi connectivity index (χ1v) is 10.9. The van der Waals surface area contributed by atoms with E-state index in [1.54, 1.807) is 41.9 Å². The maximum Gasteiger partial charge on any atom is 0.251 e. The molecule has 156 valence electrons. The lowest BCUT2D eigenvalue weighted by Gasteiger charge is -2.20. The molecular weight excluding hydrogens is 398 g/mol. The highest BCUT2D eigenvalue weighted by molar-refractivity contribution is 7.11. The van der Waals surface area contributed by atoms with Crippen molar-refractivity contribution in [3.8, 4) is 0 Å². The first kappa shape index (κ1) is 20.4. The Morgan fingerprint density at radius 1 is 1.13 bits per heavy atom. The van der Waals surface area contributed by atoms with Crippen molar-refractivity contribution in [2.45, 2.75) is 38.9 Å². The normalized spacial score (nSPS) is 13.4. The zero-order chi connectivity index (χ0) is 20.9. The van der Waals surface area contributed by atoms with Crippen LogP contribution in [0, 0.1) is 6.92 Å². The molecule has 0 unspecified atom stereocenters. The molecule has 1 fully saturated rings. The van der Waals surface area contributed by atoms with Crippen LogP contribution in [0.4, 0.5) is 5.69 Å². The van der Waals surface area contributed by atoms with Crippen molar-refractivity contribution in [2.75, 3.05) is 11.9 Å². The van der Waals surface area contributed by atoms with Gasteiger partial charge in [0.15, 0.2) is 0 Å². The topological polar surface area (TPSA) is 74.6 Å². The Morgan fingerprint density at radius 2 is 2.00 bits per heavy atom. The third-order valence-corrected chi connectivity index (χ3v) is 5.81. The first-order chi connectivity index (χ1) is 14.5. The molecule has 0 saturated heterocycles. The Labute approximate surface area is 179 Å². The number of nitrogens with zero attached hydrogens (tertiary/aromatic N) is 1. The van der Waals surface area contributed by atoms with Gasteiger partial charge >= 0.3 is 0 Å². The summed E-state index contributed by atoms with van der Waals surface area (Å²) in [5.74, 6) is 0.588. The monoisotopic (exact) mass is 423 g/mol. The van der Waals surface area contributed by atoms with Crippen LogP contribution in [-0.4, -0.2) is 29.3 Å². The van der Waals surface area contributed by atoms with E-state index in [-0.39, 0.29) is 18.4 Å². The minimum atomic E-state index is -0.130. The third kappa shape index (κ3) is 5.81. The highest BCUT2D eigenvalue weighted by atomic mass is 32.1. The number of hydrogen-bond acceptors (Lipinski definition) is 5. The van der Waals surface area contributed by atoms with Gasteiger partial charge in [0, 0.05) is 33.6 Å². The standard InChI is InChI=1S/C23H25N3O3S/c1-16-7-10-21(30-16)14-26(13-20-6-3-11-29-20)15-22(27)24-19-5-2-4-17(12-19)23(28)25-18-8-9-18/h2-7,10-12,18H,8-9,13-15H2,1H3,(H,24,27)(H,25,28). The van der Waals surface area contributed by atoms with E-state index in [9.17, 15) is 9.59 Å². The van der Waals surface area contributed by atoms with Gasteiger partial charge in [-0.3, -0.25) is 14.5 Å². The summed E-state index contributed by atoms with van der Waals surface area (Å²) in [4.78, 5) is 29.5. The number of furan rings is 1. The van der Waals surface area contributed by atoms with Crippen molar-refractivity contribution in [2.24, 2.45) is 0 Å². The summed E-state index contributed by atoms with van der Waals surface area (Å²) < 4.78 is 5.47. The highest BCUT2D eigenvalue weighted by Crippen LogP contribution is 2.21. The first-order valence-electron chi connectivity index (χ1n) is 10.1. The summed E-state index contributed by atoms with van der Waals surface area (Å²) in [6.45, 7) is 3.50. The average molecular weight is 424 g/mol. The van der Waals surface area contributed by atoms with Gasteiger partial charge in [0.2, 0.25) is 5.91 Å². The lowest BCUT2D eigenvalue weighted by molar-refractivity contribution is -0.117. The van der Waals surface area contributed by atoms with Crippen molar-refractivity contribution >= 4 is 28.8 Å². The number of hydrogen-bond donors (Lipinski definition) is 2. The van der Waals surface area contributed by atoms with Crippen LogP contribution in [0.15, 0.2) is 59.2 Å². The van der Waals surface area contributed by atoms with E-state index in [4.69, 9.17) is 4.42 Å². The zero-order valence-corrected chi connectivity index (χ0v) is 17.7. The smallest absolute Gasteiger partial charge is 0.251 e. The van der Waals surface area contributed by atoms with E-state index >= 15 is 0 Å². The molecule has 0 radical (unpaired) electrons. The van der Waals surface area contributed by atoms with Gasteiger partial charge in [0.1, 0.15) is 5.76 Å². The van der Waals surface area contributed by atoms with Crippen LogP contribution in [0.1, 0.15) is 38.7 Å². The molecule has 1 aromatic carbocycles. The molecule has 0 bridgehead atoms. The summed E-state index contributed by atoms with van der Waals surface area (Å²) in [5, 5.41) is 5.89. The summed E-state index contributed by atoms with van der Waals surface area (Å²) in [6, 6.07) is 15.3. The maximum atomic E-state index is 12.7. The summed E-state index contributed by atoms with van der Waals surface area (Å²) in [5.41, 5.74) is 1.18. The van der Waals surface area contributed by atoms with E-state index in [2.05, 4.69) is 29.7 Å². The Hall–Kier alpha value is -2.90.